The molecule has 4 heteroatoms. The van der Waals surface area contributed by atoms with Crippen molar-refractivity contribution in [1.82, 2.24) is 10.2 Å². The molecule has 2 saturated heterocycles. The Labute approximate surface area is 186 Å². The number of carbonyl (C=O) groups excluding carboxylic acids is 2. The van der Waals surface area contributed by atoms with E-state index < -0.39 is 0 Å². The number of amides is 2. The zero-order valence-electron chi connectivity index (χ0n) is 20.9. The van der Waals surface area contributed by atoms with Gasteiger partial charge in [-0.25, -0.2) is 0 Å². The number of nitrogens with one attached hydrogen (secondary N) is 1. The van der Waals surface area contributed by atoms with Crippen molar-refractivity contribution in [1.29, 1.82) is 0 Å². The molecule has 0 aromatic rings. The molecule has 2 aliphatic rings. The van der Waals surface area contributed by atoms with Gasteiger partial charge in [0.25, 0.3) is 0 Å². The van der Waals surface area contributed by atoms with Crippen LogP contribution in [0.1, 0.15) is 125 Å². The number of piperidine rings is 1. The Morgan fingerprint density at radius 3 is 1.87 bits per heavy atom. The molecule has 1 N–H and O–H groups in total. The van der Waals surface area contributed by atoms with Crippen LogP contribution >= 0.6 is 0 Å². The fourth-order valence-corrected chi connectivity index (χ4v) is 4.58. The molecule has 0 aliphatic carbocycles. The summed E-state index contributed by atoms with van der Waals surface area (Å²) in [7, 11) is 2.24. The van der Waals surface area contributed by atoms with Gasteiger partial charge in [-0.3, -0.25) is 14.9 Å². The third-order valence-electron chi connectivity index (χ3n) is 7.88. The molecule has 0 aromatic carbocycles. The first kappa shape index (κ1) is 27.1. The lowest BCUT2D eigenvalue weighted by atomic mass is 9.68. The fourth-order valence-electron chi connectivity index (χ4n) is 4.58. The number of hydrogen-bond donors (Lipinski definition) is 1. The summed E-state index contributed by atoms with van der Waals surface area (Å²) in [4.78, 5) is 24.8. The molecule has 2 heterocycles. The van der Waals surface area contributed by atoms with Crippen LogP contribution in [0.25, 0.3) is 0 Å². The second-order valence-electron chi connectivity index (χ2n) is 10.8. The monoisotopic (exact) mass is 422 g/mol. The van der Waals surface area contributed by atoms with Gasteiger partial charge in [0, 0.05) is 17.9 Å². The number of carbonyl (C=O) groups is 2. The molecule has 176 valence electrons. The van der Waals surface area contributed by atoms with E-state index in [0.717, 1.165) is 12.8 Å². The highest BCUT2D eigenvalue weighted by molar-refractivity contribution is 6.03. The normalized spacial score (nSPS) is 23.1. The zero-order chi connectivity index (χ0) is 22.6. The Kier molecular flexibility index (Phi) is 12.2. The first-order chi connectivity index (χ1) is 14.1. The predicted molar refractivity (Wildman–Crippen MR) is 127 cm³/mol. The maximum absolute atomic E-state index is 11.3. The molecular weight excluding hydrogens is 372 g/mol. The van der Waals surface area contributed by atoms with Gasteiger partial charge in [-0.15, -0.1) is 0 Å². The van der Waals surface area contributed by atoms with Gasteiger partial charge in [-0.2, -0.15) is 0 Å². The van der Waals surface area contributed by atoms with Crippen molar-refractivity contribution in [2.75, 3.05) is 13.6 Å². The van der Waals surface area contributed by atoms with Crippen molar-refractivity contribution in [3.05, 3.63) is 0 Å². The van der Waals surface area contributed by atoms with Crippen LogP contribution in [0.3, 0.4) is 0 Å². The van der Waals surface area contributed by atoms with Crippen molar-refractivity contribution in [2.24, 2.45) is 11.3 Å². The molecule has 4 nitrogen and oxygen atoms in total. The summed E-state index contributed by atoms with van der Waals surface area (Å²) in [5.41, 5.74) is 0.839. The van der Waals surface area contributed by atoms with Gasteiger partial charge in [0.1, 0.15) is 0 Å². The Hall–Kier alpha value is -0.900. The Bertz CT molecular complexity index is 513. The summed E-state index contributed by atoms with van der Waals surface area (Å²) in [6.45, 7) is 13.0. The molecule has 0 aromatic heterocycles. The van der Waals surface area contributed by atoms with E-state index in [4.69, 9.17) is 0 Å². The molecule has 2 rings (SSSR count). The van der Waals surface area contributed by atoms with E-state index in [-0.39, 0.29) is 17.7 Å². The van der Waals surface area contributed by atoms with Gasteiger partial charge in [0.15, 0.2) is 0 Å². The first-order valence-electron chi connectivity index (χ1n) is 12.7. The third kappa shape index (κ3) is 9.08. The van der Waals surface area contributed by atoms with Crippen LogP contribution in [0, 0.1) is 11.3 Å². The number of imide groups is 1. The molecular formula is C26H50N2O2. The van der Waals surface area contributed by atoms with Crippen LogP contribution in [0.15, 0.2) is 0 Å². The average molecular weight is 423 g/mol. The minimum Gasteiger partial charge on any atom is -0.301 e. The third-order valence-corrected chi connectivity index (χ3v) is 7.88. The van der Waals surface area contributed by atoms with Crippen LogP contribution in [0.5, 0.6) is 0 Å². The Morgan fingerprint density at radius 2 is 1.43 bits per heavy atom. The number of likely N-dealkylation sites (tertiary alicyclic amines) is 1. The summed E-state index contributed by atoms with van der Waals surface area (Å²) in [5, 5.41) is 2.37. The van der Waals surface area contributed by atoms with Crippen LogP contribution in [0.2, 0.25) is 0 Å². The van der Waals surface area contributed by atoms with Crippen LogP contribution in [-0.4, -0.2) is 35.8 Å². The highest BCUT2D eigenvalue weighted by Gasteiger charge is 2.42. The summed E-state index contributed by atoms with van der Waals surface area (Å²) in [6, 6.07) is 0. The van der Waals surface area contributed by atoms with E-state index in [1.165, 1.54) is 77.2 Å². The van der Waals surface area contributed by atoms with Gasteiger partial charge in [-0.05, 0) is 52.1 Å². The van der Waals surface area contributed by atoms with E-state index in [0.29, 0.717) is 17.4 Å². The zero-order valence-corrected chi connectivity index (χ0v) is 20.9. The van der Waals surface area contributed by atoms with Gasteiger partial charge in [0.05, 0.1) is 0 Å². The van der Waals surface area contributed by atoms with Gasteiger partial charge < -0.3 is 4.90 Å². The summed E-state index contributed by atoms with van der Waals surface area (Å²) in [5.74, 6) is -0.190. The van der Waals surface area contributed by atoms with E-state index in [2.05, 4.69) is 51.9 Å². The smallest absolute Gasteiger partial charge is 0.230 e. The summed E-state index contributed by atoms with van der Waals surface area (Å²) in [6.07, 6.45) is 17.1. The van der Waals surface area contributed by atoms with E-state index in [1.54, 1.807) is 0 Å². The van der Waals surface area contributed by atoms with Gasteiger partial charge >= 0.3 is 0 Å². The quantitative estimate of drug-likeness (QED) is 0.306. The maximum atomic E-state index is 11.3. The molecule has 2 amide bonds. The number of nitrogens with zero attached hydrogens (tertiary/aromatic N) is 1. The second-order valence-corrected chi connectivity index (χ2v) is 10.8. The average Bonchev–Trinajstić information content (AvgIpc) is 2.99. The van der Waals surface area contributed by atoms with Crippen molar-refractivity contribution >= 4 is 11.8 Å². The SMILES string of the molecule is CCCCCCCCCCCCC1CC(=O)NC1=O.CN1CCCC(C)(C)C1(C)C. The minimum atomic E-state index is -0.0953. The first-order valence-corrected chi connectivity index (χ1v) is 12.7. The summed E-state index contributed by atoms with van der Waals surface area (Å²) >= 11 is 0. The van der Waals surface area contributed by atoms with Gasteiger partial charge in [0.2, 0.25) is 11.8 Å². The second kappa shape index (κ2) is 13.5. The predicted octanol–water partition coefficient (Wildman–Crippen LogP) is 6.48. The molecule has 0 spiro atoms. The topological polar surface area (TPSA) is 49.4 Å². The van der Waals surface area contributed by atoms with Crippen LogP contribution in [-0.2, 0) is 9.59 Å². The van der Waals surface area contributed by atoms with Crippen LogP contribution in [0.4, 0.5) is 0 Å². The lowest BCUT2D eigenvalue weighted by Crippen LogP contribution is -2.55. The number of rotatable bonds is 11. The minimum absolute atomic E-state index is 0.0402. The van der Waals surface area contributed by atoms with Crippen LogP contribution < -0.4 is 5.32 Å². The molecule has 2 fully saturated rings. The Morgan fingerprint density at radius 1 is 0.900 bits per heavy atom. The molecule has 0 bridgehead atoms. The van der Waals surface area contributed by atoms with Gasteiger partial charge in [-0.1, -0.05) is 85.0 Å². The highest BCUT2D eigenvalue weighted by atomic mass is 16.2. The van der Waals surface area contributed by atoms with E-state index in [9.17, 15) is 9.59 Å². The number of hydrogen-bond acceptors (Lipinski definition) is 3. The molecule has 1 atom stereocenters. The molecule has 2 aliphatic heterocycles. The fraction of sp³-hybridized carbons (Fsp3) is 0.923. The maximum Gasteiger partial charge on any atom is 0.230 e. The number of unbranched alkanes of at least 4 members (excludes halogenated alkanes) is 9. The lowest BCUT2D eigenvalue weighted by Gasteiger charge is -2.52. The molecule has 0 saturated carbocycles. The van der Waals surface area contributed by atoms with E-state index >= 15 is 0 Å². The Balaban J connectivity index is 0.000000346. The van der Waals surface area contributed by atoms with E-state index in [1.807, 2.05) is 0 Å². The highest BCUT2D eigenvalue weighted by Crippen LogP contribution is 2.42. The van der Waals surface area contributed by atoms with Crippen molar-refractivity contribution in [3.8, 4) is 0 Å². The lowest BCUT2D eigenvalue weighted by molar-refractivity contribution is -0.125. The largest absolute Gasteiger partial charge is 0.301 e. The molecule has 30 heavy (non-hydrogen) atoms. The molecule has 0 radical (unpaired) electrons. The standard InChI is InChI=1S/C16H29NO2.C10H21N/c1-2-3-4-5-6-7-8-9-10-11-12-14-13-15(18)17-16(14)19;1-9(2)7-6-8-11(5)10(9,3)4/h14H,2-13H2,1H3,(H,17,18,19);6-8H2,1-5H3. The summed E-state index contributed by atoms with van der Waals surface area (Å²) < 4.78 is 0. The van der Waals surface area contributed by atoms with Crippen molar-refractivity contribution in [3.63, 3.8) is 0 Å². The van der Waals surface area contributed by atoms with Crippen molar-refractivity contribution < 1.29 is 9.59 Å². The molecule has 1 unspecified atom stereocenters. The van der Waals surface area contributed by atoms with Crippen molar-refractivity contribution in [2.45, 2.75) is 130 Å².